The second-order valence-electron chi connectivity index (χ2n) is 6.51. The third-order valence-electron chi connectivity index (χ3n) is 4.94. The Hall–Kier alpha value is -1.10. The highest BCUT2D eigenvalue weighted by atomic mass is 16.5. The Morgan fingerprint density at radius 2 is 2.27 bits per heavy atom. The van der Waals surface area contributed by atoms with Crippen molar-refractivity contribution in [3.63, 3.8) is 0 Å². The molecule has 2 aliphatic rings. The van der Waals surface area contributed by atoms with E-state index in [1.165, 1.54) is 5.56 Å². The zero-order valence-corrected chi connectivity index (χ0v) is 13.4. The fourth-order valence-electron chi connectivity index (χ4n) is 3.73. The molecule has 0 aromatic heterocycles. The predicted molar refractivity (Wildman–Crippen MR) is 86.2 cm³/mol. The lowest BCUT2D eigenvalue weighted by atomic mass is 9.94. The summed E-state index contributed by atoms with van der Waals surface area (Å²) >= 11 is 0. The summed E-state index contributed by atoms with van der Waals surface area (Å²) in [5, 5.41) is 10.2. The van der Waals surface area contributed by atoms with Crippen LogP contribution in [0.1, 0.15) is 24.8 Å². The number of aliphatic hydroxyl groups is 1. The van der Waals surface area contributed by atoms with E-state index in [0.29, 0.717) is 18.6 Å². The van der Waals surface area contributed by atoms with E-state index in [0.717, 1.165) is 51.3 Å². The number of ether oxygens (including phenoxy) is 2. The van der Waals surface area contributed by atoms with Crippen LogP contribution in [0.3, 0.4) is 0 Å². The highest BCUT2D eigenvalue weighted by Crippen LogP contribution is 2.32. The smallest absolute Gasteiger partial charge is 0.119 e. The summed E-state index contributed by atoms with van der Waals surface area (Å²) in [6.45, 7) is 6.11. The van der Waals surface area contributed by atoms with Gasteiger partial charge in [-0.3, -0.25) is 4.90 Å². The molecule has 3 atom stereocenters. The molecule has 0 radical (unpaired) electrons. The molecule has 1 heterocycles. The molecule has 3 rings (SSSR count). The van der Waals surface area contributed by atoms with Crippen molar-refractivity contribution in [3.8, 4) is 5.75 Å². The van der Waals surface area contributed by atoms with Gasteiger partial charge in [0.15, 0.2) is 0 Å². The first kappa shape index (κ1) is 15.8. The van der Waals surface area contributed by atoms with Crippen molar-refractivity contribution in [3.05, 3.63) is 29.8 Å². The number of hydrogen-bond donors (Lipinski definition) is 1. The summed E-state index contributed by atoms with van der Waals surface area (Å²) in [7, 11) is 0. The number of hydrogen-bond acceptors (Lipinski definition) is 4. The van der Waals surface area contributed by atoms with Crippen LogP contribution in [0.2, 0.25) is 0 Å². The van der Waals surface area contributed by atoms with Crippen LogP contribution in [0.4, 0.5) is 0 Å². The fourth-order valence-corrected chi connectivity index (χ4v) is 3.73. The van der Waals surface area contributed by atoms with Gasteiger partial charge in [-0.2, -0.15) is 0 Å². The predicted octanol–water partition coefficient (Wildman–Crippen LogP) is 2.24. The van der Waals surface area contributed by atoms with E-state index < -0.39 is 0 Å². The van der Waals surface area contributed by atoms with E-state index in [-0.39, 0.29) is 6.10 Å². The minimum atomic E-state index is -0.160. The van der Waals surface area contributed by atoms with Crippen LogP contribution in [0, 0.1) is 12.8 Å². The third kappa shape index (κ3) is 3.80. The molecule has 0 spiro atoms. The standard InChI is InChI=1S/C18H27NO3/c1-14-4-2-5-15(12-14)22-11-9-19-8-10-21-13-17(19)16-6-3-7-18(16)20/h2,4-5,12,16-18,20H,3,6-11,13H2,1H3/t16-,17-,18+/m1/s1. The molecule has 1 N–H and O–H groups in total. The van der Waals surface area contributed by atoms with E-state index >= 15 is 0 Å². The topological polar surface area (TPSA) is 41.9 Å². The third-order valence-corrected chi connectivity index (χ3v) is 4.94. The Bertz CT molecular complexity index is 479. The minimum Gasteiger partial charge on any atom is -0.492 e. The van der Waals surface area contributed by atoms with Crippen LogP contribution in [0.25, 0.3) is 0 Å². The maximum absolute atomic E-state index is 10.2. The molecule has 4 heteroatoms. The van der Waals surface area contributed by atoms with Gasteiger partial charge < -0.3 is 14.6 Å². The molecular weight excluding hydrogens is 278 g/mol. The van der Waals surface area contributed by atoms with Crippen LogP contribution in [0.5, 0.6) is 5.75 Å². The van der Waals surface area contributed by atoms with E-state index in [2.05, 4.69) is 24.0 Å². The van der Waals surface area contributed by atoms with Gasteiger partial charge in [-0.05, 0) is 37.5 Å². The summed E-state index contributed by atoms with van der Waals surface area (Å²) in [5.74, 6) is 1.30. The van der Waals surface area contributed by atoms with Crippen LogP contribution < -0.4 is 4.74 Å². The molecule has 1 aliphatic heterocycles. The monoisotopic (exact) mass is 305 g/mol. The number of aryl methyl sites for hydroxylation is 1. The Morgan fingerprint density at radius 1 is 1.36 bits per heavy atom. The lowest BCUT2D eigenvalue weighted by molar-refractivity contribution is -0.0532. The summed E-state index contributed by atoms with van der Waals surface area (Å²) in [5.41, 5.74) is 1.22. The first-order valence-electron chi connectivity index (χ1n) is 8.43. The second-order valence-corrected chi connectivity index (χ2v) is 6.51. The molecule has 1 aliphatic carbocycles. The lowest BCUT2D eigenvalue weighted by Crippen LogP contribution is -2.52. The van der Waals surface area contributed by atoms with Gasteiger partial charge in [-0.1, -0.05) is 18.6 Å². The quantitative estimate of drug-likeness (QED) is 0.906. The van der Waals surface area contributed by atoms with Crippen molar-refractivity contribution in [1.29, 1.82) is 0 Å². The van der Waals surface area contributed by atoms with Crippen LogP contribution in [0.15, 0.2) is 24.3 Å². The van der Waals surface area contributed by atoms with E-state index in [1.807, 2.05) is 12.1 Å². The van der Waals surface area contributed by atoms with Crippen LogP contribution in [-0.2, 0) is 4.74 Å². The Morgan fingerprint density at radius 3 is 3.05 bits per heavy atom. The zero-order chi connectivity index (χ0) is 15.4. The number of rotatable bonds is 5. The summed E-state index contributed by atoms with van der Waals surface area (Å²) in [6.07, 6.45) is 3.03. The minimum absolute atomic E-state index is 0.160. The maximum atomic E-state index is 10.2. The van der Waals surface area contributed by atoms with E-state index in [1.54, 1.807) is 0 Å². The van der Waals surface area contributed by atoms with Gasteiger partial charge in [-0.15, -0.1) is 0 Å². The van der Waals surface area contributed by atoms with Crippen molar-refractivity contribution < 1.29 is 14.6 Å². The first-order valence-corrected chi connectivity index (χ1v) is 8.43. The molecule has 1 saturated heterocycles. The fraction of sp³-hybridized carbons (Fsp3) is 0.667. The summed E-state index contributed by atoms with van der Waals surface area (Å²) < 4.78 is 11.5. The molecule has 1 saturated carbocycles. The summed E-state index contributed by atoms with van der Waals surface area (Å²) in [6, 6.07) is 8.51. The van der Waals surface area contributed by atoms with Crippen LogP contribution >= 0.6 is 0 Å². The molecule has 0 unspecified atom stereocenters. The van der Waals surface area contributed by atoms with Gasteiger partial charge in [0.25, 0.3) is 0 Å². The first-order chi connectivity index (χ1) is 10.7. The molecule has 22 heavy (non-hydrogen) atoms. The van der Waals surface area contributed by atoms with E-state index in [9.17, 15) is 5.11 Å². The molecule has 0 amide bonds. The highest BCUT2D eigenvalue weighted by Gasteiger charge is 2.37. The largest absolute Gasteiger partial charge is 0.492 e. The van der Waals surface area contributed by atoms with Crippen LogP contribution in [-0.4, -0.2) is 55.1 Å². The maximum Gasteiger partial charge on any atom is 0.119 e. The Balaban J connectivity index is 1.53. The zero-order valence-electron chi connectivity index (χ0n) is 13.4. The Labute approximate surface area is 133 Å². The van der Waals surface area contributed by atoms with Gasteiger partial charge in [0.1, 0.15) is 12.4 Å². The second kappa shape index (κ2) is 7.44. The number of benzene rings is 1. The van der Waals surface area contributed by atoms with Gasteiger partial charge in [0.05, 0.1) is 19.3 Å². The van der Waals surface area contributed by atoms with Crippen molar-refractivity contribution in [2.45, 2.75) is 38.3 Å². The van der Waals surface area contributed by atoms with Crippen molar-refractivity contribution in [2.24, 2.45) is 5.92 Å². The molecule has 122 valence electrons. The van der Waals surface area contributed by atoms with Crippen molar-refractivity contribution in [2.75, 3.05) is 32.9 Å². The van der Waals surface area contributed by atoms with Crippen molar-refractivity contribution in [1.82, 2.24) is 4.90 Å². The molecule has 1 aromatic rings. The van der Waals surface area contributed by atoms with E-state index in [4.69, 9.17) is 9.47 Å². The number of aliphatic hydroxyl groups excluding tert-OH is 1. The Kier molecular flexibility index (Phi) is 5.34. The lowest BCUT2D eigenvalue weighted by Gasteiger charge is -2.40. The normalized spacial score (nSPS) is 29.6. The SMILES string of the molecule is Cc1cccc(OCCN2CCOC[C@@H]2[C@H]2CCC[C@@H]2O)c1. The molecule has 0 bridgehead atoms. The molecule has 2 fully saturated rings. The van der Waals surface area contributed by atoms with Gasteiger partial charge >= 0.3 is 0 Å². The number of nitrogens with zero attached hydrogens (tertiary/aromatic N) is 1. The molecule has 1 aromatic carbocycles. The molecule has 4 nitrogen and oxygen atoms in total. The van der Waals surface area contributed by atoms with Crippen molar-refractivity contribution >= 4 is 0 Å². The van der Waals surface area contributed by atoms with Gasteiger partial charge in [0, 0.05) is 25.0 Å². The number of morpholine rings is 1. The average Bonchev–Trinajstić information content (AvgIpc) is 2.94. The van der Waals surface area contributed by atoms with Gasteiger partial charge in [-0.25, -0.2) is 0 Å². The molecular formula is C18H27NO3. The summed E-state index contributed by atoms with van der Waals surface area (Å²) in [4.78, 5) is 2.44. The van der Waals surface area contributed by atoms with Gasteiger partial charge in [0.2, 0.25) is 0 Å². The average molecular weight is 305 g/mol. The highest BCUT2D eigenvalue weighted by molar-refractivity contribution is 5.27.